The van der Waals surface area contributed by atoms with Gasteiger partial charge in [0.05, 0.1) is 0 Å². The van der Waals surface area contributed by atoms with Crippen LogP contribution >= 0.6 is 0 Å². The number of fused-ring (bicyclic) bond motifs is 5. The maximum Gasteiger partial charge on any atom is -0.00418 e. The zero-order chi connectivity index (χ0) is 16.3. The highest BCUT2D eigenvalue weighted by atomic mass is 14.6. The molecule has 0 nitrogen and oxygen atoms in total. The molecule has 24 heavy (non-hydrogen) atoms. The molecule has 5 aliphatic rings. The fourth-order valence-corrected chi connectivity index (χ4v) is 8.07. The molecule has 0 radical (unpaired) electrons. The molecule has 132 valence electrons. The maximum atomic E-state index is 2.69. The van der Waals surface area contributed by atoms with E-state index in [-0.39, 0.29) is 0 Å². The third-order valence-corrected chi connectivity index (χ3v) is 9.18. The third-order valence-electron chi connectivity index (χ3n) is 9.18. The zero-order valence-corrected chi connectivity index (χ0v) is 15.9. The highest BCUT2D eigenvalue weighted by Crippen LogP contribution is 2.64. The number of hydrogen-bond acceptors (Lipinski definition) is 0. The molecular formula is C24H36. The molecule has 0 saturated heterocycles. The summed E-state index contributed by atoms with van der Waals surface area (Å²) in [4.78, 5) is 0. The van der Waals surface area contributed by atoms with Gasteiger partial charge in [-0.05, 0) is 116 Å². The Hall–Kier alpha value is -0.520. The molecule has 0 aliphatic heterocycles. The maximum absolute atomic E-state index is 2.69. The molecular weight excluding hydrogens is 288 g/mol. The van der Waals surface area contributed by atoms with Crippen LogP contribution in [0.15, 0.2) is 23.3 Å². The van der Waals surface area contributed by atoms with E-state index >= 15 is 0 Å². The van der Waals surface area contributed by atoms with E-state index < -0.39 is 0 Å². The summed E-state index contributed by atoms with van der Waals surface area (Å²) in [5, 5.41) is 0. The Kier molecular flexibility index (Phi) is 3.76. The molecule has 7 unspecified atom stereocenters. The predicted molar refractivity (Wildman–Crippen MR) is 102 cm³/mol. The van der Waals surface area contributed by atoms with Crippen molar-refractivity contribution in [3.8, 4) is 0 Å². The molecule has 0 amide bonds. The Morgan fingerprint density at radius 1 is 0.958 bits per heavy atom. The minimum atomic E-state index is 0.534. The van der Waals surface area contributed by atoms with Crippen LogP contribution in [0.3, 0.4) is 0 Å². The van der Waals surface area contributed by atoms with Crippen LogP contribution in [0.2, 0.25) is 0 Å². The first-order chi connectivity index (χ1) is 11.7. The van der Waals surface area contributed by atoms with Gasteiger partial charge in [0, 0.05) is 0 Å². The Balaban J connectivity index is 1.39. The number of hydrogen-bond donors (Lipinski definition) is 0. The van der Waals surface area contributed by atoms with Crippen LogP contribution < -0.4 is 0 Å². The van der Waals surface area contributed by atoms with Crippen molar-refractivity contribution in [2.75, 3.05) is 0 Å². The summed E-state index contributed by atoms with van der Waals surface area (Å²) in [6.45, 7) is 5.16. The van der Waals surface area contributed by atoms with Gasteiger partial charge in [-0.1, -0.05) is 32.4 Å². The smallest absolute Gasteiger partial charge is 0.00418 e. The molecule has 0 spiro atoms. The van der Waals surface area contributed by atoms with Crippen LogP contribution in [0.1, 0.15) is 84.5 Å². The first-order valence-corrected chi connectivity index (χ1v) is 11.1. The van der Waals surface area contributed by atoms with Gasteiger partial charge in [0.15, 0.2) is 0 Å². The quantitative estimate of drug-likeness (QED) is 0.491. The molecule has 3 fully saturated rings. The normalized spacial score (nSPS) is 50.6. The number of allylic oxidation sites excluding steroid dienone is 4. The summed E-state index contributed by atoms with van der Waals surface area (Å²) in [7, 11) is 0. The van der Waals surface area contributed by atoms with E-state index in [9.17, 15) is 0 Å². The fourth-order valence-electron chi connectivity index (χ4n) is 8.07. The average molecular weight is 325 g/mol. The van der Waals surface area contributed by atoms with Crippen LogP contribution in [0, 0.1) is 40.9 Å². The monoisotopic (exact) mass is 324 g/mol. The Bertz CT molecular complexity index is 567. The summed E-state index contributed by atoms with van der Waals surface area (Å²) in [5.74, 6) is 6.30. The van der Waals surface area contributed by atoms with Crippen LogP contribution in [0.25, 0.3) is 0 Å². The molecule has 0 aromatic heterocycles. The molecule has 5 aliphatic carbocycles. The zero-order valence-electron chi connectivity index (χ0n) is 15.9. The van der Waals surface area contributed by atoms with Crippen LogP contribution in [-0.2, 0) is 0 Å². The van der Waals surface area contributed by atoms with Crippen molar-refractivity contribution in [3.05, 3.63) is 23.3 Å². The summed E-state index contributed by atoms with van der Waals surface area (Å²) in [6.07, 6.45) is 21.5. The van der Waals surface area contributed by atoms with Gasteiger partial charge in [-0.25, -0.2) is 0 Å². The SMILES string of the molecule is CC1CCC2C(CCC3C2CCC2(C)C(C4=CCCC4)=CCC32)C1. The topological polar surface area (TPSA) is 0 Å². The van der Waals surface area contributed by atoms with Crippen molar-refractivity contribution < 1.29 is 0 Å². The van der Waals surface area contributed by atoms with Gasteiger partial charge < -0.3 is 0 Å². The average Bonchev–Trinajstić information content (AvgIpc) is 3.20. The van der Waals surface area contributed by atoms with Crippen molar-refractivity contribution in [2.45, 2.75) is 84.5 Å². The van der Waals surface area contributed by atoms with E-state index in [1.807, 2.05) is 5.57 Å². The van der Waals surface area contributed by atoms with Crippen LogP contribution in [-0.4, -0.2) is 0 Å². The van der Waals surface area contributed by atoms with E-state index in [4.69, 9.17) is 0 Å². The summed E-state index contributed by atoms with van der Waals surface area (Å²) in [5.41, 5.74) is 4.09. The van der Waals surface area contributed by atoms with Crippen LogP contribution in [0.5, 0.6) is 0 Å². The van der Waals surface area contributed by atoms with Gasteiger partial charge in [0.2, 0.25) is 0 Å². The van der Waals surface area contributed by atoms with E-state index in [1.54, 1.807) is 31.3 Å². The Morgan fingerprint density at radius 2 is 1.83 bits per heavy atom. The van der Waals surface area contributed by atoms with Crippen LogP contribution in [0.4, 0.5) is 0 Å². The highest BCUT2D eigenvalue weighted by Gasteiger charge is 2.54. The van der Waals surface area contributed by atoms with Crippen molar-refractivity contribution >= 4 is 0 Å². The lowest BCUT2D eigenvalue weighted by Crippen LogP contribution is -2.48. The molecule has 5 rings (SSSR count). The Labute approximate surface area is 149 Å². The van der Waals surface area contributed by atoms with E-state index in [0.29, 0.717) is 5.41 Å². The summed E-state index contributed by atoms with van der Waals surface area (Å²) in [6, 6.07) is 0. The van der Waals surface area contributed by atoms with E-state index in [0.717, 1.165) is 35.5 Å². The van der Waals surface area contributed by atoms with Crippen molar-refractivity contribution in [1.82, 2.24) is 0 Å². The highest BCUT2D eigenvalue weighted by molar-refractivity contribution is 5.42. The largest absolute Gasteiger partial charge is 0.0810 e. The second-order valence-electron chi connectivity index (χ2n) is 10.3. The fraction of sp³-hybridized carbons (Fsp3) is 0.833. The lowest BCUT2D eigenvalue weighted by molar-refractivity contribution is -0.0488. The van der Waals surface area contributed by atoms with E-state index in [1.165, 1.54) is 44.9 Å². The van der Waals surface area contributed by atoms with Gasteiger partial charge in [-0.15, -0.1) is 0 Å². The van der Waals surface area contributed by atoms with Gasteiger partial charge >= 0.3 is 0 Å². The standard InChI is InChI=1S/C24H36/c1-16-7-9-19-18(15-16)8-10-21-20(19)13-14-24(2)22(11-12-23(21)24)17-5-3-4-6-17/h5,11,16,18-21,23H,3-4,6-10,12-15H2,1-2H3. The summed E-state index contributed by atoms with van der Waals surface area (Å²) < 4.78 is 0. The van der Waals surface area contributed by atoms with Crippen molar-refractivity contribution in [2.24, 2.45) is 40.9 Å². The number of rotatable bonds is 1. The predicted octanol–water partition coefficient (Wildman–Crippen LogP) is 6.92. The molecule has 0 aromatic carbocycles. The third kappa shape index (κ3) is 2.24. The molecule has 7 atom stereocenters. The van der Waals surface area contributed by atoms with Crippen molar-refractivity contribution in [1.29, 1.82) is 0 Å². The minimum Gasteiger partial charge on any atom is -0.0810 e. The van der Waals surface area contributed by atoms with Crippen molar-refractivity contribution in [3.63, 3.8) is 0 Å². The lowest BCUT2D eigenvalue weighted by Gasteiger charge is -2.56. The molecule has 0 aromatic rings. The molecule has 0 bridgehead atoms. The lowest BCUT2D eigenvalue weighted by atomic mass is 9.49. The second-order valence-corrected chi connectivity index (χ2v) is 10.3. The van der Waals surface area contributed by atoms with Gasteiger partial charge in [-0.2, -0.15) is 0 Å². The second kappa shape index (κ2) is 5.75. The van der Waals surface area contributed by atoms with Gasteiger partial charge in [0.1, 0.15) is 0 Å². The van der Waals surface area contributed by atoms with E-state index in [2.05, 4.69) is 26.0 Å². The van der Waals surface area contributed by atoms with Gasteiger partial charge in [0.25, 0.3) is 0 Å². The minimum absolute atomic E-state index is 0.534. The summed E-state index contributed by atoms with van der Waals surface area (Å²) >= 11 is 0. The molecule has 0 N–H and O–H groups in total. The Morgan fingerprint density at radius 3 is 2.67 bits per heavy atom. The molecule has 0 heterocycles. The molecule has 3 saturated carbocycles. The first kappa shape index (κ1) is 15.7. The first-order valence-electron chi connectivity index (χ1n) is 11.1. The van der Waals surface area contributed by atoms with Gasteiger partial charge in [-0.3, -0.25) is 0 Å². The molecule has 0 heteroatoms.